The van der Waals surface area contributed by atoms with E-state index in [0.717, 1.165) is 25.3 Å². The van der Waals surface area contributed by atoms with E-state index in [1.165, 1.54) is 7.11 Å². The van der Waals surface area contributed by atoms with E-state index in [1.807, 2.05) is 0 Å². The van der Waals surface area contributed by atoms with Crippen LogP contribution in [0.2, 0.25) is 0 Å². The van der Waals surface area contributed by atoms with E-state index in [4.69, 9.17) is 0 Å². The van der Waals surface area contributed by atoms with Crippen molar-refractivity contribution in [1.29, 1.82) is 0 Å². The largest absolute Gasteiger partial charge is 0.468 e. The molecule has 0 spiro atoms. The van der Waals surface area contributed by atoms with E-state index in [2.05, 4.69) is 17.9 Å². The van der Waals surface area contributed by atoms with Gasteiger partial charge in [-0.1, -0.05) is 19.6 Å². The summed E-state index contributed by atoms with van der Waals surface area (Å²) < 4.78 is 32.0. The average Bonchev–Trinajstić information content (AvgIpc) is 2.43. The van der Waals surface area contributed by atoms with Gasteiger partial charge in [-0.3, -0.25) is 4.90 Å². The number of piperidine rings is 1. The molecule has 1 saturated heterocycles. The van der Waals surface area contributed by atoms with E-state index in [9.17, 15) is 13.6 Å². The molecule has 1 rings (SSSR count). The lowest BCUT2D eigenvalue weighted by atomic mass is 10.00. The molecule has 5 heteroatoms. The van der Waals surface area contributed by atoms with Gasteiger partial charge in [-0.05, 0) is 32.0 Å². The first kappa shape index (κ1) is 15.6. The van der Waals surface area contributed by atoms with Gasteiger partial charge < -0.3 is 4.74 Å². The Kier molecular flexibility index (Phi) is 5.89. The lowest BCUT2D eigenvalue weighted by Crippen LogP contribution is -2.46. The van der Waals surface area contributed by atoms with Gasteiger partial charge in [0.15, 0.2) is 0 Å². The quantitative estimate of drug-likeness (QED) is 0.569. The van der Waals surface area contributed by atoms with E-state index in [-0.39, 0.29) is 5.57 Å². The maximum absolute atomic E-state index is 13.8. The van der Waals surface area contributed by atoms with Gasteiger partial charge in [0.1, 0.15) is 17.7 Å². The molecule has 0 aromatic carbocycles. The molecule has 0 aromatic rings. The highest BCUT2D eigenvalue weighted by atomic mass is 19.1. The van der Waals surface area contributed by atoms with Crippen molar-refractivity contribution in [3.63, 3.8) is 0 Å². The number of hydrogen-bond acceptors (Lipinski definition) is 3. The molecule has 0 bridgehead atoms. The Morgan fingerprint density at radius 2 is 1.89 bits per heavy atom. The lowest BCUT2D eigenvalue weighted by molar-refractivity contribution is -0.145. The summed E-state index contributed by atoms with van der Waals surface area (Å²) >= 11 is 0. The van der Waals surface area contributed by atoms with Gasteiger partial charge in [-0.25, -0.2) is 13.6 Å². The van der Waals surface area contributed by atoms with Crippen LogP contribution in [0.4, 0.5) is 8.78 Å². The minimum Gasteiger partial charge on any atom is -0.468 e. The number of esters is 1. The summed E-state index contributed by atoms with van der Waals surface area (Å²) in [4.78, 5) is 13.6. The van der Waals surface area contributed by atoms with Crippen molar-refractivity contribution in [1.82, 2.24) is 4.90 Å². The van der Waals surface area contributed by atoms with Crippen LogP contribution in [0, 0.1) is 0 Å². The Morgan fingerprint density at radius 3 is 2.32 bits per heavy atom. The predicted octanol–water partition coefficient (Wildman–Crippen LogP) is 2.91. The minimum atomic E-state index is -1.10. The molecule has 3 nitrogen and oxygen atoms in total. The van der Waals surface area contributed by atoms with Crippen LogP contribution in [0.15, 0.2) is 36.5 Å². The Balaban J connectivity index is 3.17. The molecule has 0 aliphatic carbocycles. The van der Waals surface area contributed by atoms with Crippen molar-refractivity contribution < 1.29 is 18.3 Å². The summed E-state index contributed by atoms with van der Waals surface area (Å²) in [5.74, 6) is -2.54. The van der Waals surface area contributed by atoms with E-state index in [1.54, 1.807) is 4.90 Å². The maximum Gasteiger partial charge on any atom is 0.327 e. The first-order valence-corrected chi connectivity index (χ1v) is 6.21. The molecule has 19 heavy (non-hydrogen) atoms. The smallest absolute Gasteiger partial charge is 0.327 e. The van der Waals surface area contributed by atoms with Crippen molar-refractivity contribution in [2.75, 3.05) is 20.2 Å². The molecule has 106 valence electrons. The third-order valence-corrected chi connectivity index (χ3v) is 3.18. The zero-order valence-corrected chi connectivity index (χ0v) is 11.1. The number of rotatable bonds is 5. The summed E-state index contributed by atoms with van der Waals surface area (Å²) in [6, 6.07) is -1.10. The zero-order valence-electron chi connectivity index (χ0n) is 11.1. The van der Waals surface area contributed by atoms with E-state index >= 15 is 0 Å². The molecule has 1 heterocycles. The fourth-order valence-electron chi connectivity index (χ4n) is 2.26. The van der Waals surface area contributed by atoms with Crippen LogP contribution in [0.3, 0.4) is 0 Å². The third kappa shape index (κ3) is 3.73. The van der Waals surface area contributed by atoms with Gasteiger partial charge in [-0.2, -0.15) is 0 Å². The standard InChI is InChI=1S/C14H19F2NO2/c1-4-11(16)12(10(2)15)13(14(18)19-3)17-8-6-5-7-9-17/h4,13H,1-2,5-9H2,3H3/b12-11-. The molecule has 1 aliphatic heterocycles. The van der Waals surface area contributed by atoms with Crippen molar-refractivity contribution in [2.45, 2.75) is 25.3 Å². The number of methoxy groups -OCH3 is 1. The fraction of sp³-hybridized carbons (Fsp3) is 0.500. The number of nitrogens with zero attached hydrogens (tertiary/aromatic N) is 1. The molecule has 0 saturated carbocycles. The lowest BCUT2D eigenvalue weighted by Gasteiger charge is -2.33. The van der Waals surface area contributed by atoms with Crippen LogP contribution < -0.4 is 0 Å². The molecule has 1 atom stereocenters. The summed E-state index contributed by atoms with van der Waals surface area (Å²) in [7, 11) is 1.20. The second-order valence-electron chi connectivity index (χ2n) is 4.39. The number of likely N-dealkylation sites (tertiary alicyclic amines) is 1. The van der Waals surface area contributed by atoms with Crippen LogP contribution in [0.1, 0.15) is 19.3 Å². The van der Waals surface area contributed by atoms with Crippen molar-refractivity contribution in [2.24, 2.45) is 0 Å². The van der Waals surface area contributed by atoms with Gasteiger partial charge in [0.05, 0.1) is 12.7 Å². The molecule has 1 unspecified atom stereocenters. The first-order valence-electron chi connectivity index (χ1n) is 6.21. The number of carbonyl (C=O) groups excluding carboxylic acids is 1. The molecule has 1 aliphatic rings. The second kappa shape index (κ2) is 7.19. The Labute approximate surface area is 112 Å². The van der Waals surface area contributed by atoms with Crippen LogP contribution in [0.25, 0.3) is 0 Å². The van der Waals surface area contributed by atoms with Crippen LogP contribution in [-0.4, -0.2) is 37.1 Å². The van der Waals surface area contributed by atoms with Crippen molar-refractivity contribution in [3.05, 3.63) is 36.5 Å². The molecule has 0 amide bonds. The summed E-state index contributed by atoms with van der Waals surface area (Å²) in [5.41, 5.74) is -0.385. The number of hydrogen-bond donors (Lipinski definition) is 0. The van der Waals surface area contributed by atoms with Crippen LogP contribution in [-0.2, 0) is 9.53 Å². The van der Waals surface area contributed by atoms with Gasteiger partial charge in [0.2, 0.25) is 0 Å². The molecule has 0 N–H and O–H groups in total. The number of halogens is 2. The normalized spacial score (nSPS) is 19.3. The highest BCUT2D eigenvalue weighted by Crippen LogP contribution is 2.27. The minimum absolute atomic E-state index is 0.385. The van der Waals surface area contributed by atoms with Crippen LogP contribution >= 0.6 is 0 Å². The van der Waals surface area contributed by atoms with Crippen LogP contribution in [0.5, 0.6) is 0 Å². The molecule has 1 fully saturated rings. The summed E-state index contributed by atoms with van der Waals surface area (Å²) in [6.07, 6.45) is 3.69. The van der Waals surface area contributed by atoms with Gasteiger partial charge in [-0.15, -0.1) is 0 Å². The van der Waals surface area contributed by atoms with Gasteiger partial charge in [0, 0.05) is 0 Å². The molecular formula is C14H19F2NO2. The number of allylic oxidation sites excluding steroid dienone is 2. The van der Waals surface area contributed by atoms with Crippen molar-refractivity contribution >= 4 is 5.97 Å². The average molecular weight is 271 g/mol. The monoisotopic (exact) mass is 271 g/mol. The SMILES string of the molecule is C=C/C(F)=C(\C(=C)F)C(C(=O)OC)N1CCCCC1. The van der Waals surface area contributed by atoms with Crippen molar-refractivity contribution in [3.8, 4) is 0 Å². The molecule has 0 radical (unpaired) electrons. The first-order chi connectivity index (χ1) is 9.02. The number of ether oxygens (including phenoxy) is 1. The van der Waals surface area contributed by atoms with E-state index < -0.39 is 23.7 Å². The summed E-state index contributed by atoms with van der Waals surface area (Å²) in [6.45, 7) is 7.57. The highest BCUT2D eigenvalue weighted by molar-refractivity contribution is 5.81. The maximum atomic E-state index is 13.8. The van der Waals surface area contributed by atoms with Gasteiger partial charge in [0.25, 0.3) is 0 Å². The Bertz CT molecular complexity index is 398. The molecule has 0 aromatic heterocycles. The highest BCUT2D eigenvalue weighted by Gasteiger charge is 2.34. The number of carbonyl (C=O) groups is 1. The predicted molar refractivity (Wildman–Crippen MR) is 69.8 cm³/mol. The second-order valence-corrected chi connectivity index (χ2v) is 4.39. The Morgan fingerprint density at radius 1 is 1.32 bits per heavy atom. The third-order valence-electron chi connectivity index (χ3n) is 3.18. The van der Waals surface area contributed by atoms with E-state index in [0.29, 0.717) is 13.1 Å². The topological polar surface area (TPSA) is 29.5 Å². The fourth-order valence-corrected chi connectivity index (χ4v) is 2.26. The zero-order chi connectivity index (χ0) is 14.4. The summed E-state index contributed by atoms with van der Waals surface area (Å²) in [5, 5.41) is 0. The van der Waals surface area contributed by atoms with Gasteiger partial charge >= 0.3 is 5.97 Å². The molecular weight excluding hydrogens is 252 g/mol. The Hall–Kier alpha value is -1.49.